The Morgan fingerprint density at radius 2 is 2.11 bits per heavy atom. The fraction of sp³-hybridized carbons (Fsp3) is 0.312. The van der Waals surface area contributed by atoms with E-state index in [2.05, 4.69) is 6.92 Å². The van der Waals surface area contributed by atoms with Gasteiger partial charge in [-0.15, -0.1) is 0 Å². The van der Waals surface area contributed by atoms with Crippen LogP contribution in [0.15, 0.2) is 39.6 Å². The summed E-state index contributed by atoms with van der Waals surface area (Å²) in [5.41, 5.74) is 2.30. The van der Waals surface area contributed by atoms with Gasteiger partial charge in [-0.05, 0) is 37.6 Å². The summed E-state index contributed by atoms with van der Waals surface area (Å²) in [6, 6.07) is 5.44. The van der Waals surface area contributed by atoms with E-state index in [-0.39, 0.29) is 17.6 Å². The standard InChI is InChI=1S/C16H16O3/c1-4-5-12-10(3)15-13(18-12)7-6-11-9(2)8-14(17)19-16(11)15/h4-8,10,12H,1-3H3/b5-4+. The number of aryl methyl sites for hydroxylation is 1. The first-order valence-corrected chi connectivity index (χ1v) is 6.48. The summed E-state index contributed by atoms with van der Waals surface area (Å²) in [5, 5.41) is 0.981. The van der Waals surface area contributed by atoms with E-state index < -0.39 is 0 Å². The van der Waals surface area contributed by atoms with E-state index >= 15 is 0 Å². The molecule has 98 valence electrons. The number of benzene rings is 1. The molecule has 2 atom stereocenters. The molecule has 0 N–H and O–H groups in total. The first-order chi connectivity index (χ1) is 9.11. The minimum Gasteiger partial charge on any atom is -0.485 e. The van der Waals surface area contributed by atoms with Crippen molar-refractivity contribution in [1.82, 2.24) is 0 Å². The number of fused-ring (bicyclic) bond motifs is 3. The summed E-state index contributed by atoms with van der Waals surface area (Å²) in [7, 11) is 0. The lowest BCUT2D eigenvalue weighted by Gasteiger charge is -2.10. The molecule has 3 rings (SSSR count). The van der Waals surface area contributed by atoms with Crippen molar-refractivity contribution in [3.05, 3.63) is 51.9 Å². The Hall–Kier alpha value is -2.03. The van der Waals surface area contributed by atoms with E-state index in [9.17, 15) is 4.79 Å². The smallest absolute Gasteiger partial charge is 0.336 e. The fourth-order valence-corrected chi connectivity index (χ4v) is 2.73. The number of rotatable bonds is 1. The van der Waals surface area contributed by atoms with E-state index in [1.165, 1.54) is 6.07 Å². The van der Waals surface area contributed by atoms with Crippen LogP contribution in [0.2, 0.25) is 0 Å². The van der Waals surface area contributed by atoms with Gasteiger partial charge in [0.25, 0.3) is 0 Å². The Labute approximate surface area is 111 Å². The van der Waals surface area contributed by atoms with Crippen LogP contribution in [0.4, 0.5) is 0 Å². The minimum atomic E-state index is -0.305. The summed E-state index contributed by atoms with van der Waals surface area (Å²) in [6.07, 6.45) is 4.03. The van der Waals surface area contributed by atoms with E-state index in [4.69, 9.17) is 9.15 Å². The number of hydrogen-bond donors (Lipinski definition) is 0. The highest BCUT2D eigenvalue weighted by atomic mass is 16.5. The zero-order valence-electron chi connectivity index (χ0n) is 11.3. The molecule has 0 aliphatic carbocycles. The van der Waals surface area contributed by atoms with Crippen molar-refractivity contribution < 1.29 is 9.15 Å². The van der Waals surface area contributed by atoms with Crippen molar-refractivity contribution in [2.75, 3.05) is 0 Å². The molecule has 1 aromatic carbocycles. The summed E-state index contributed by atoms with van der Waals surface area (Å²) < 4.78 is 11.3. The Morgan fingerprint density at radius 3 is 2.84 bits per heavy atom. The zero-order chi connectivity index (χ0) is 13.6. The lowest BCUT2D eigenvalue weighted by atomic mass is 9.94. The average Bonchev–Trinajstić information content (AvgIpc) is 2.67. The number of hydrogen-bond acceptors (Lipinski definition) is 3. The number of allylic oxidation sites excluding steroid dienone is 1. The van der Waals surface area contributed by atoms with Gasteiger partial charge in [-0.2, -0.15) is 0 Å². The maximum Gasteiger partial charge on any atom is 0.336 e. The van der Waals surface area contributed by atoms with Gasteiger partial charge in [-0.25, -0.2) is 4.79 Å². The Balaban J connectivity index is 2.29. The lowest BCUT2D eigenvalue weighted by Crippen LogP contribution is -2.13. The molecule has 0 saturated heterocycles. The van der Waals surface area contributed by atoms with Gasteiger partial charge in [0.15, 0.2) is 0 Å². The SMILES string of the molecule is C/C=C/C1Oc2ccc3c(C)cc(=O)oc3c2C1C. The molecular formula is C16H16O3. The van der Waals surface area contributed by atoms with Crippen molar-refractivity contribution in [2.24, 2.45) is 0 Å². The molecule has 19 heavy (non-hydrogen) atoms. The first kappa shape index (κ1) is 12.0. The van der Waals surface area contributed by atoms with Crippen LogP contribution in [-0.2, 0) is 0 Å². The maximum atomic E-state index is 11.6. The van der Waals surface area contributed by atoms with E-state index in [1.54, 1.807) is 0 Å². The second-order valence-corrected chi connectivity index (χ2v) is 5.00. The van der Waals surface area contributed by atoms with E-state index in [0.29, 0.717) is 5.58 Å². The number of ether oxygens (including phenoxy) is 1. The molecule has 2 heterocycles. The van der Waals surface area contributed by atoms with Crippen LogP contribution in [0.3, 0.4) is 0 Å². The average molecular weight is 256 g/mol. The van der Waals surface area contributed by atoms with Crippen LogP contribution in [0.1, 0.15) is 30.9 Å². The van der Waals surface area contributed by atoms with Gasteiger partial charge in [-0.1, -0.05) is 13.0 Å². The summed E-state index contributed by atoms with van der Waals surface area (Å²) >= 11 is 0. The zero-order valence-corrected chi connectivity index (χ0v) is 11.3. The van der Waals surface area contributed by atoms with E-state index in [0.717, 1.165) is 22.3 Å². The second kappa shape index (κ2) is 4.26. The Bertz CT molecular complexity index is 725. The van der Waals surface area contributed by atoms with Crippen LogP contribution < -0.4 is 10.4 Å². The van der Waals surface area contributed by atoms with Crippen molar-refractivity contribution in [2.45, 2.75) is 32.8 Å². The highest BCUT2D eigenvalue weighted by Gasteiger charge is 2.32. The maximum absolute atomic E-state index is 11.6. The van der Waals surface area contributed by atoms with Crippen molar-refractivity contribution in [3.8, 4) is 5.75 Å². The third kappa shape index (κ3) is 1.77. The monoisotopic (exact) mass is 256 g/mol. The molecule has 0 fully saturated rings. The van der Waals surface area contributed by atoms with Gasteiger partial charge < -0.3 is 9.15 Å². The van der Waals surface area contributed by atoms with Crippen LogP contribution in [-0.4, -0.2) is 6.10 Å². The topological polar surface area (TPSA) is 39.4 Å². The van der Waals surface area contributed by atoms with Gasteiger partial charge >= 0.3 is 5.63 Å². The predicted octanol–water partition coefficient (Wildman–Crippen LogP) is 3.54. The summed E-state index contributed by atoms with van der Waals surface area (Å²) in [5.74, 6) is 0.997. The molecule has 1 aromatic heterocycles. The molecule has 2 aromatic rings. The van der Waals surface area contributed by atoms with Crippen LogP contribution in [0.5, 0.6) is 5.75 Å². The van der Waals surface area contributed by atoms with Gasteiger partial charge in [0.2, 0.25) is 0 Å². The van der Waals surface area contributed by atoms with Gasteiger partial charge in [0, 0.05) is 22.9 Å². The highest BCUT2D eigenvalue weighted by molar-refractivity contribution is 5.86. The van der Waals surface area contributed by atoms with E-state index in [1.807, 2.05) is 38.1 Å². The van der Waals surface area contributed by atoms with Crippen molar-refractivity contribution in [1.29, 1.82) is 0 Å². The fourth-order valence-electron chi connectivity index (χ4n) is 2.73. The molecule has 1 aliphatic rings. The molecule has 0 radical (unpaired) electrons. The molecule has 3 nitrogen and oxygen atoms in total. The normalized spacial score (nSPS) is 21.8. The Morgan fingerprint density at radius 1 is 1.32 bits per heavy atom. The highest BCUT2D eigenvalue weighted by Crippen LogP contribution is 2.43. The molecule has 0 bridgehead atoms. The lowest BCUT2D eigenvalue weighted by molar-refractivity contribution is 0.261. The molecule has 0 saturated carbocycles. The third-order valence-corrected chi connectivity index (χ3v) is 3.71. The van der Waals surface area contributed by atoms with Gasteiger partial charge in [0.05, 0.1) is 0 Å². The molecule has 0 amide bonds. The Kier molecular flexibility index (Phi) is 2.70. The largest absolute Gasteiger partial charge is 0.485 e. The van der Waals surface area contributed by atoms with Crippen LogP contribution in [0.25, 0.3) is 11.0 Å². The molecule has 2 unspecified atom stereocenters. The van der Waals surface area contributed by atoms with Crippen LogP contribution >= 0.6 is 0 Å². The second-order valence-electron chi connectivity index (χ2n) is 5.00. The quantitative estimate of drug-likeness (QED) is 0.578. The first-order valence-electron chi connectivity index (χ1n) is 6.48. The predicted molar refractivity (Wildman–Crippen MR) is 74.9 cm³/mol. The molecule has 3 heteroatoms. The van der Waals surface area contributed by atoms with Crippen LogP contribution in [0, 0.1) is 6.92 Å². The summed E-state index contributed by atoms with van der Waals surface area (Å²) in [4.78, 5) is 11.6. The molecule has 0 spiro atoms. The van der Waals surface area contributed by atoms with Crippen molar-refractivity contribution >= 4 is 11.0 Å². The third-order valence-electron chi connectivity index (χ3n) is 3.71. The van der Waals surface area contributed by atoms with Gasteiger partial charge in [-0.3, -0.25) is 0 Å². The van der Waals surface area contributed by atoms with Crippen molar-refractivity contribution in [3.63, 3.8) is 0 Å². The molecule has 1 aliphatic heterocycles. The van der Waals surface area contributed by atoms with Gasteiger partial charge in [0.1, 0.15) is 17.4 Å². The summed E-state index contributed by atoms with van der Waals surface area (Å²) in [6.45, 7) is 6.00. The molecular weight excluding hydrogens is 240 g/mol. The minimum absolute atomic E-state index is 0.0106.